The first kappa shape index (κ1) is 19.6. The fourth-order valence-electron chi connectivity index (χ4n) is 2.31. The lowest BCUT2D eigenvalue weighted by molar-refractivity contribution is -0.0493. The molecule has 3 rings (SSSR count). The van der Waals surface area contributed by atoms with Gasteiger partial charge in [-0.1, -0.05) is 15.9 Å². The van der Waals surface area contributed by atoms with Crippen LogP contribution in [0.4, 0.5) is 19.3 Å². The number of rotatable bonds is 6. The number of carbonyl (C=O) groups excluding carboxylic acids is 1. The zero-order valence-corrected chi connectivity index (χ0v) is 16.0. The summed E-state index contributed by atoms with van der Waals surface area (Å²) in [5.74, 6) is 0.513. The number of hydrogen-bond acceptors (Lipinski definition) is 6. The van der Waals surface area contributed by atoms with Crippen LogP contribution in [0.3, 0.4) is 0 Å². The van der Waals surface area contributed by atoms with Crippen LogP contribution in [0.25, 0.3) is 5.95 Å². The lowest BCUT2D eigenvalue weighted by Gasteiger charge is -2.16. The Hall–Kier alpha value is -3.15. The number of urea groups is 1. The zero-order chi connectivity index (χ0) is 20.1. The number of nitrogens with one attached hydrogen (secondary N) is 2. The fraction of sp³-hybridized carbons (Fsp3) is 0.188. The second-order valence-corrected chi connectivity index (χ2v) is 6.33. The molecule has 0 spiro atoms. The van der Waals surface area contributed by atoms with Crippen LogP contribution in [0.5, 0.6) is 5.75 Å². The quantitative estimate of drug-likeness (QED) is 0.592. The Morgan fingerprint density at radius 1 is 1.25 bits per heavy atom. The molecule has 2 heterocycles. The highest BCUT2D eigenvalue weighted by molar-refractivity contribution is 9.10. The van der Waals surface area contributed by atoms with Crippen molar-refractivity contribution in [2.24, 2.45) is 0 Å². The zero-order valence-electron chi connectivity index (χ0n) is 14.4. The van der Waals surface area contributed by atoms with Crippen molar-refractivity contribution in [3.05, 3.63) is 53.3 Å². The van der Waals surface area contributed by atoms with Gasteiger partial charge in [0, 0.05) is 16.9 Å². The molecule has 12 heteroatoms. The SMILES string of the molecule is C[C@H](NC(=O)Nc1ccc(Br)cc1OC(F)F)c1ncnn1-c1ncccn1. The van der Waals surface area contributed by atoms with Crippen molar-refractivity contribution in [3.8, 4) is 11.7 Å². The van der Waals surface area contributed by atoms with Crippen LogP contribution in [0, 0.1) is 0 Å². The van der Waals surface area contributed by atoms with Crippen molar-refractivity contribution < 1.29 is 18.3 Å². The number of halogens is 3. The Kier molecular flexibility index (Phi) is 6.09. The highest BCUT2D eigenvalue weighted by atomic mass is 79.9. The number of carbonyl (C=O) groups is 1. The van der Waals surface area contributed by atoms with Crippen LogP contribution in [-0.4, -0.2) is 37.4 Å². The van der Waals surface area contributed by atoms with E-state index in [4.69, 9.17) is 0 Å². The van der Waals surface area contributed by atoms with Crippen molar-refractivity contribution in [2.45, 2.75) is 19.6 Å². The van der Waals surface area contributed by atoms with Gasteiger partial charge < -0.3 is 15.4 Å². The summed E-state index contributed by atoms with van der Waals surface area (Å²) >= 11 is 3.17. The minimum Gasteiger partial charge on any atom is -0.433 e. The van der Waals surface area contributed by atoms with Gasteiger partial charge in [-0.05, 0) is 31.2 Å². The number of ether oxygens (including phenoxy) is 1. The van der Waals surface area contributed by atoms with E-state index in [-0.39, 0.29) is 11.4 Å². The summed E-state index contributed by atoms with van der Waals surface area (Å²) in [6.45, 7) is -1.34. The number of nitrogens with zero attached hydrogens (tertiary/aromatic N) is 5. The molecular weight excluding hydrogens is 440 g/mol. The highest BCUT2D eigenvalue weighted by Gasteiger charge is 2.19. The Balaban J connectivity index is 1.72. The van der Waals surface area contributed by atoms with E-state index >= 15 is 0 Å². The Bertz CT molecular complexity index is 955. The average Bonchev–Trinajstić information content (AvgIpc) is 3.14. The molecule has 0 bridgehead atoms. The molecule has 3 aromatic rings. The van der Waals surface area contributed by atoms with Crippen LogP contribution >= 0.6 is 15.9 Å². The second kappa shape index (κ2) is 8.69. The number of benzene rings is 1. The van der Waals surface area contributed by atoms with Gasteiger partial charge in [0.1, 0.15) is 6.33 Å². The van der Waals surface area contributed by atoms with E-state index in [1.165, 1.54) is 23.1 Å². The van der Waals surface area contributed by atoms with Crippen LogP contribution in [0.15, 0.2) is 47.5 Å². The first-order chi connectivity index (χ1) is 13.4. The first-order valence-corrected chi connectivity index (χ1v) is 8.72. The normalized spacial score (nSPS) is 11.9. The number of aromatic nitrogens is 5. The molecule has 0 aliphatic rings. The highest BCUT2D eigenvalue weighted by Crippen LogP contribution is 2.29. The second-order valence-electron chi connectivity index (χ2n) is 5.42. The Morgan fingerprint density at radius 2 is 2.00 bits per heavy atom. The summed E-state index contributed by atoms with van der Waals surface area (Å²) < 4.78 is 31.5. The largest absolute Gasteiger partial charge is 0.433 e. The van der Waals surface area contributed by atoms with E-state index in [1.807, 2.05) is 0 Å². The minimum absolute atomic E-state index is 0.0843. The Labute approximate surface area is 166 Å². The summed E-state index contributed by atoms with van der Waals surface area (Å²) in [6, 6.07) is 4.78. The average molecular weight is 454 g/mol. The molecule has 2 aromatic heterocycles. The molecule has 1 aromatic carbocycles. The predicted molar refractivity (Wildman–Crippen MR) is 98.3 cm³/mol. The van der Waals surface area contributed by atoms with Gasteiger partial charge in [-0.2, -0.15) is 18.6 Å². The minimum atomic E-state index is -3.03. The predicted octanol–water partition coefficient (Wildman–Crippen LogP) is 3.30. The number of anilines is 1. The maximum atomic E-state index is 12.6. The molecule has 2 amide bonds. The molecule has 2 N–H and O–H groups in total. The van der Waals surface area contributed by atoms with Crippen molar-refractivity contribution >= 4 is 27.6 Å². The standard InChI is InChI=1S/C16H14BrF2N7O2/c1-9(13-22-8-23-26(13)15-20-5-2-6-21-15)24-16(27)25-11-4-3-10(17)7-12(11)28-14(18)19/h2-9,14H,1H3,(H2,24,25,27)/t9-/m0/s1. The van der Waals surface area contributed by atoms with Crippen LogP contribution in [-0.2, 0) is 0 Å². The topological polar surface area (TPSA) is 107 Å². The summed E-state index contributed by atoms with van der Waals surface area (Å²) in [7, 11) is 0. The molecule has 1 atom stereocenters. The maximum Gasteiger partial charge on any atom is 0.387 e. The van der Waals surface area contributed by atoms with E-state index in [9.17, 15) is 13.6 Å². The van der Waals surface area contributed by atoms with E-state index in [2.05, 4.69) is 51.4 Å². The van der Waals surface area contributed by atoms with Crippen molar-refractivity contribution in [1.82, 2.24) is 30.0 Å². The van der Waals surface area contributed by atoms with Crippen molar-refractivity contribution in [2.75, 3.05) is 5.32 Å². The molecule has 0 saturated heterocycles. The molecule has 0 aliphatic heterocycles. The number of hydrogen-bond donors (Lipinski definition) is 2. The summed E-state index contributed by atoms with van der Waals surface area (Å²) in [4.78, 5) is 24.6. The van der Waals surface area contributed by atoms with Gasteiger partial charge in [0.25, 0.3) is 5.95 Å². The number of alkyl halides is 2. The van der Waals surface area contributed by atoms with Crippen molar-refractivity contribution in [3.63, 3.8) is 0 Å². The molecule has 28 heavy (non-hydrogen) atoms. The summed E-state index contributed by atoms with van der Waals surface area (Å²) in [5.41, 5.74) is 0.0843. The van der Waals surface area contributed by atoms with Crippen LogP contribution < -0.4 is 15.4 Å². The number of amides is 2. The van der Waals surface area contributed by atoms with Crippen LogP contribution in [0.1, 0.15) is 18.8 Å². The van der Waals surface area contributed by atoms with Crippen LogP contribution in [0.2, 0.25) is 0 Å². The molecule has 0 saturated carbocycles. The smallest absolute Gasteiger partial charge is 0.387 e. The monoisotopic (exact) mass is 453 g/mol. The Morgan fingerprint density at radius 3 is 2.71 bits per heavy atom. The molecule has 0 unspecified atom stereocenters. The van der Waals surface area contributed by atoms with Gasteiger partial charge in [0.05, 0.1) is 11.7 Å². The summed E-state index contributed by atoms with van der Waals surface area (Å²) in [6.07, 6.45) is 4.42. The lowest BCUT2D eigenvalue weighted by atomic mass is 10.3. The first-order valence-electron chi connectivity index (χ1n) is 7.93. The van der Waals surface area contributed by atoms with Gasteiger partial charge in [-0.15, -0.1) is 0 Å². The third kappa shape index (κ3) is 4.76. The maximum absolute atomic E-state index is 12.6. The van der Waals surface area contributed by atoms with Gasteiger partial charge in [-0.25, -0.2) is 19.7 Å². The van der Waals surface area contributed by atoms with Gasteiger partial charge >= 0.3 is 12.6 Å². The molecule has 0 aliphatic carbocycles. The van der Waals surface area contributed by atoms with Gasteiger partial charge in [-0.3, -0.25) is 0 Å². The molecule has 0 radical (unpaired) electrons. The van der Waals surface area contributed by atoms with Crippen molar-refractivity contribution in [1.29, 1.82) is 0 Å². The lowest BCUT2D eigenvalue weighted by Crippen LogP contribution is -2.33. The third-order valence-corrected chi connectivity index (χ3v) is 3.95. The van der Waals surface area contributed by atoms with E-state index in [1.54, 1.807) is 31.5 Å². The molecule has 0 fully saturated rings. The van der Waals surface area contributed by atoms with E-state index < -0.39 is 18.7 Å². The molecule has 146 valence electrons. The fourth-order valence-corrected chi connectivity index (χ4v) is 2.65. The van der Waals surface area contributed by atoms with Gasteiger partial charge in [0.2, 0.25) is 0 Å². The van der Waals surface area contributed by atoms with E-state index in [0.717, 1.165) is 0 Å². The van der Waals surface area contributed by atoms with E-state index in [0.29, 0.717) is 16.2 Å². The van der Waals surface area contributed by atoms with Gasteiger partial charge in [0.15, 0.2) is 11.6 Å². The molecule has 9 nitrogen and oxygen atoms in total. The summed E-state index contributed by atoms with van der Waals surface area (Å²) in [5, 5.41) is 9.19. The molecular formula is C16H14BrF2N7O2. The third-order valence-electron chi connectivity index (χ3n) is 3.46.